The van der Waals surface area contributed by atoms with Crippen molar-refractivity contribution in [2.24, 2.45) is 5.10 Å². The van der Waals surface area contributed by atoms with Crippen molar-refractivity contribution >= 4 is 28.2 Å². The van der Waals surface area contributed by atoms with Crippen LogP contribution in [0.2, 0.25) is 0 Å². The average molecular weight is 412 g/mol. The molecule has 3 nitrogen and oxygen atoms in total. The third kappa shape index (κ3) is 5.55. The van der Waals surface area contributed by atoms with E-state index in [0.717, 1.165) is 37.2 Å². The van der Waals surface area contributed by atoms with Crippen molar-refractivity contribution in [2.75, 3.05) is 26.2 Å². The fourth-order valence-electron chi connectivity index (χ4n) is 3.16. The Kier molecular flexibility index (Phi) is 6.64. The standard InChI is InChI=1S/C22H26BrN3/c1-18-8-9-21(19(2)14-18)17-25-10-12-26(13-11-25)24-16-22(23)15-20-6-4-3-5-7-20/h3-9,14-16H,10-13,17H2,1-2H3/b22-15-,24-16+. The number of nitrogens with zero attached hydrogens (tertiary/aromatic N) is 3. The molecular formula is C22H26BrN3. The molecule has 0 saturated carbocycles. The topological polar surface area (TPSA) is 18.8 Å². The van der Waals surface area contributed by atoms with Gasteiger partial charge >= 0.3 is 0 Å². The van der Waals surface area contributed by atoms with E-state index < -0.39 is 0 Å². The summed E-state index contributed by atoms with van der Waals surface area (Å²) in [5.74, 6) is 0. The van der Waals surface area contributed by atoms with E-state index in [2.05, 4.69) is 81.2 Å². The first-order valence-corrected chi connectivity index (χ1v) is 9.89. The van der Waals surface area contributed by atoms with Gasteiger partial charge in [-0.15, -0.1) is 0 Å². The zero-order valence-corrected chi connectivity index (χ0v) is 17.1. The van der Waals surface area contributed by atoms with Gasteiger partial charge in [0.2, 0.25) is 0 Å². The van der Waals surface area contributed by atoms with E-state index in [-0.39, 0.29) is 0 Å². The molecule has 1 heterocycles. The Hall–Kier alpha value is -1.91. The molecule has 0 aromatic heterocycles. The van der Waals surface area contributed by atoms with Crippen molar-refractivity contribution < 1.29 is 0 Å². The second-order valence-electron chi connectivity index (χ2n) is 6.84. The summed E-state index contributed by atoms with van der Waals surface area (Å²) in [4.78, 5) is 2.51. The lowest BCUT2D eigenvalue weighted by molar-refractivity contribution is 0.131. The maximum Gasteiger partial charge on any atom is 0.0612 e. The van der Waals surface area contributed by atoms with Crippen LogP contribution in [0.4, 0.5) is 0 Å². The molecule has 1 aliphatic heterocycles. The minimum atomic E-state index is 0.965. The van der Waals surface area contributed by atoms with E-state index in [1.54, 1.807) is 0 Å². The maximum atomic E-state index is 4.62. The monoisotopic (exact) mass is 411 g/mol. The number of hydrazone groups is 1. The summed E-state index contributed by atoms with van der Waals surface area (Å²) < 4.78 is 0.987. The average Bonchev–Trinajstić information content (AvgIpc) is 2.64. The highest BCUT2D eigenvalue weighted by Gasteiger charge is 2.16. The number of hydrogen-bond donors (Lipinski definition) is 0. The molecule has 2 aromatic rings. The number of aryl methyl sites for hydroxylation is 2. The summed E-state index contributed by atoms with van der Waals surface area (Å²) in [5.41, 5.74) is 5.32. The number of piperazine rings is 1. The summed E-state index contributed by atoms with van der Waals surface area (Å²) in [5, 5.41) is 6.77. The van der Waals surface area contributed by atoms with Crippen molar-refractivity contribution in [2.45, 2.75) is 20.4 Å². The first kappa shape index (κ1) is 18.9. The summed E-state index contributed by atoms with van der Waals surface area (Å²) in [6, 6.07) is 17.0. The van der Waals surface area contributed by atoms with Crippen LogP contribution in [0, 0.1) is 13.8 Å². The molecule has 0 amide bonds. The van der Waals surface area contributed by atoms with Gasteiger partial charge in [0.05, 0.1) is 6.21 Å². The van der Waals surface area contributed by atoms with E-state index in [9.17, 15) is 0 Å². The predicted molar refractivity (Wildman–Crippen MR) is 115 cm³/mol. The SMILES string of the molecule is Cc1ccc(CN2CCN(/N=C/C(Br)=C/c3ccccc3)CC2)c(C)c1. The molecule has 3 rings (SSSR count). The molecule has 136 valence electrons. The second-order valence-corrected chi connectivity index (χ2v) is 7.76. The lowest BCUT2D eigenvalue weighted by Gasteiger charge is -2.33. The largest absolute Gasteiger partial charge is 0.295 e. The van der Waals surface area contributed by atoms with Gasteiger partial charge < -0.3 is 0 Å². The molecular weight excluding hydrogens is 386 g/mol. The minimum absolute atomic E-state index is 0.965. The fourth-order valence-corrected chi connectivity index (χ4v) is 3.51. The Morgan fingerprint density at radius 3 is 2.46 bits per heavy atom. The van der Waals surface area contributed by atoms with Crippen molar-refractivity contribution in [3.05, 3.63) is 75.3 Å². The van der Waals surface area contributed by atoms with Gasteiger partial charge in [0, 0.05) is 37.2 Å². The van der Waals surface area contributed by atoms with Gasteiger partial charge in [-0.3, -0.25) is 9.91 Å². The third-order valence-electron chi connectivity index (χ3n) is 4.69. The molecule has 1 saturated heterocycles. The molecule has 0 N–H and O–H groups in total. The number of hydrogen-bond acceptors (Lipinski definition) is 3. The lowest BCUT2D eigenvalue weighted by Crippen LogP contribution is -2.43. The van der Waals surface area contributed by atoms with Gasteiger partial charge in [-0.2, -0.15) is 5.10 Å². The van der Waals surface area contributed by atoms with Gasteiger partial charge in [-0.1, -0.05) is 54.1 Å². The van der Waals surface area contributed by atoms with Crippen molar-refractivity contribution in [3.63, 3.8) is 0 Å². The molecule has 2 aromatic carbocycles. The smallest absolute Gasteiger partial charge is 0.0612 e. The molecule has 0 unspecified atom stereocenters. The molecule has 1 aliphatic rings. The van der Waals surface area contributed by atoms with Crippen LogP contribution < -0.4 is 0 Å². The van der Waals surface area contributed by atoms with E-state index in [0.29, 0.717) is 0 Å². The number of rotatable bonds is 5. The third-order valence-corrected chi connectivity index (χ3v) is 5.12. The van der Waals surface area contributed by atoms with Crippen LogP contribution in [0.5, 0.6) is 0 Å². The van der Waals surface area contributed by atoms with Crippen LogP contribution in [-0.4, -0.2) is 42.3 Å². The molecule has 26 heavy (non-hydrogen) atoms. The van der Waals surface area contributed by atoms with Gasteiger partial charge in [0.1, 0.15) is 0 Å². The molecule has 0 aliphatic carbocycles. The first-order valence-electron chi connectivity index (χ1n) is 9.10. The Bertz CT molecular complexity index is 775. The Balaban J connectivity index is 1.50. The van der Waals surface area contributed by atoms with Gasteiger partial charge in [0.15, 0.2) is 0 Å². The Morgan fingerprint density at radius 2 is 1.77 bits per heavy atom. The molecule has 0 spiro atoms. The number of benzene rings is 2. The minimum Gasteiger partial charge on any atom is -0.295 e. The highest BCUT2D eigenvalue weighted by molar-refractivity contribution is 9.12. The van der Waals surface area contributed by atoms with Crippen molar-refractivity contribution in [1.29, 1.82) is 0 Å². The summed E-state index contributed by atoms with van der Waals surface area (Å²) in [6.45, 7) is 9.41. The summed E-state index contributed by atoms with van der Waals surface area (Å²) in [7, 11) is 0. The van der Waals surface area contributed by atoms with Crippen molar-refractivity contribution in [1.82, 2.24) is 9.91 Å². The van der Waals surface area contributed by atoms with Gasteiger partial charge in [-0.25, -0.2) is 0 Å². The van der Waals surface area contributed by atoms with Crippen LogP contribution >= 0.6 is 15.9 Å². The first-order chi connectivity index (χ1) is 12.6. The molecule has 0 radical (unpaired) electrons. The van der Waals surface area contributed by atoms with Crippen LogP contribution in [0.25, 0.3) is 6.08 Å². The van der Waals surface area contributed by atoms with E-state index >= 15 is 0 Å². The maximum absolute atomic E-state index is 4.62. The summed E-state index contributed by atoms with van der Waals surface area (Å²) >= 11 is 3.59. The molecule has 1 fully saturated rings. The van der Waals surface area contributed by atoms with Crippen LogP contribution in [0.1, 0.15) is 22.3 Å². The van der Waals surface area contributed by atoms with Crippen LogP contribution in [0.3, 0.4) is 0 Å². The second kappa shape index (κ2) is 9.15. The number of allylic oxidation sites excluding steroid dienone is 1. The van der Waals surface area contributed by atoms with E-state index in [4.69, 9.17) is 0 Å². The molecule has 4 heteroatoms. The highest BCUT2D eigenvalue weighted by atomic mass is 79.9. The van der Waals surface area contributed by atoms with Gasteiger partial charge in [0.25, 0.3) is 0 Å². The quantitative estimate of drug-likeness (QED) is 0.655. The normalized spacial score (nSPS) is 16.4. The zero-order valence-electron chi connectivity index (χ0n) is 15.5. The Labute approximate surface area is 165 Å². The molecule has 0 bridgehead atoms. The molecule has 0 atom stereocenters. The van der Waals surface area contributed by atoms with E-state index in [1.807, 2.05) is 24.4 Å². The van der Waals surface area contributed by atoms with Crippen LogP contribution in [0.15, 0.2) is 58.1 Å². The zero-order chi connectivity index (χ0) is 18.4. The Morgan fingerprint density at radius 1 is 1.04 bits per heavy atom. The number of halogens is 1. The van der Waals surface area contributed by atoms with E-state index in [1.165, 1.54) is 22.3 Å². The van der Waals surface area contributed by atoms with Crippen LogP contribution in [-0.2, 0) is 6.54 Å². The fraction of sp³-hybridized carbons (Fsp3) is 0.318. The highest BCUT2D eigenvalue weighted by Crippen LogP contribution is 2.15. The predicted octanol–water partition coefficient (Wildman–Crippen LogP) is 4.84. The summed E-state index contributed by atoms with van der Waals surface area (Å²) in [6.07, 6.45) is 3.98. The van der Waals surface area contributed by atoms with Gasteiger partial charge in [-0.05, 0) is 52.5 Å². The van der Waals surface area contributed by atoms with Crippen molar-refractivity contribution in [3.8, 4) is 0 Å². The lowest BCUT2D eigenvalue weighted by atomic mass is 10.1.